The molecule has 0 spiro atoms. The molecule has 1 N–H and O–H groups in total. The van der Waals surface area contributed by atoms with Crippen molar-refractivity contribution < 1.29 is 14.6 Å². The summed E-state index contributed by atoms with van der Waals surface area (Å²) in [4.78, 5) is 28.2. The van der Waals surface area contributed by atoms with Crippen LogP contribution in [0.25, 0.3) is 10.2 Å². The quantitative estimate of drug-likeness (QED) is 0.565. The lowest BCUT2D eigenvalue weighted by Crippen LogP contribution is -2.44. The number of nitrogens with zero attached hydrogens (tertiary/aromatic N) is 4. The fourth-order valence-electron chi connectivity index (χ4n) is 5.65. The van der Waals surface area contributed by atoms with Crippen LogP contribution in [0, 0.1) is 0 Å². The molecule has 0 aromatic carbocycles. The van der Waals surface area contributed by atoms with Gasteiger partial charge in [0.2, 0.25) is 11.8 Å². The van der Waals surface area contributed by atoms with Crippen molar-refractivity contribution in [1.82, 2.24) is 19.8 Å². The van der Waals surface area contributed by atoms with E-state index in [1.165, 1.54) is 10.4 Å². The van der Waals surface area contributed by atoms with Gasteiger partial charge < -0.3 is 14.7 Å². The van der Waals surface area contributed by atoms with Crippen LogP contribution in [0.4, 0.5) is 0 Å². The zero-order valence-corrected chi connectivity index (χ0v) is 21.9. The van der Waals surface area contributed by atoms with Gasteiger partial charge in [0.1, 0.15) is 17.3 Å². The molecule has 0 bridgehead atoms. The van der Waals surface area contributed by atoms with Gasteiger partial charge >= 0.3 is 0 Å². The first-order valence-electron chi connectivity index (χ1n) is 13.0. The van der Waals surface area contributed by atoms with Gasteiger partial charge in [-0.3, -0.25) is 9.69 Å². The number of hydrogen-bond acceptors (Lipinski definition) is 7. The van der Waals surface area contributed by atoms with Gasteiger partial charge in [0.15, 0.2) is 0 Å². The number of rotatable bonds is 9. The Labute approximate surface area is 207 Å². The van der Waals surface area contributed by atoms with E-state index in [1.807, 2.05) is 11.8 Å². The Morgan fingerprint density at radius 2 is 1.94 bits per heavy atom. The second-order valence-electron chi connectivity index (χ2n) is 10.2. The predicted molar refractivity (Wildman–Crippen MR) is 137 cm³/mol. The number of aliphatic hydroxyl groups is 1. The molecule has 34 heavy (non-hydrogen) atoms. The predicted octanol–water partition coefficient (Wildman–Crippen LogP) is 4.37. The largest absolute Gasteiger partial charge is 0.474 e. The molecule has 2 aliphatic rings. The molecule has 188 valence electrons. The van der Waals surface area contributed by atoms with E-state index in [9.17, 15) is 9.90 Å². The number of aliphatic hydroxyl groups excluding tert-OH is 1. The monoisotopic (exact) mass is 488 g/mol. The molecule has 1 aliphatic heterocycles. The molecule has 1 aliphatic carbocycles. The lowest BCUT2D eigenvalue weighted by molar-refractivity contribution is -0.131. The molecule has 1 amide bonds. The van der Waals surface area contributed by atoms with Gasteiger partial charge in [-0.1, -0.05) is 13.8 Å². The van der Waals surface area contributed by atoms with Crippen molar-refractivity contribution in [1.29, 1.82) is 0 Å². The van der Waals surface area contributed by atoms with Crippen LogP contribution in [-0.4, -0.2) is 75.7 Å². The van der Waals surface area contributed by atoms with Crippen molar-refractivity contribution in [3.05, 3.63) is 16.8 Å². The number of likely N-dealkylation sites (tertiary alicyclic amines) is 1. The van der Waals surface area contributed by atoms with Crippen molar-refractivity contribution >= 4 is 27.5 Å². The van der Waals surface area contributed by atoms with Crippen molar-refractivity contribution in [3.63, 3.8) is 0 Å². The Kier molecular flexibility index (Phi) is 8.43. The summed E-state index contributed by atoms with van der Waals surface area (Å²) in [5.41, 5.74) is 1.24. The molecule has 1 saturated carbocycles. The zero-order chi connectivity index (χ0) is 24.2. The Balaban J connectivity index is 1.41. The molecule has 8 heteroatoms. The lowest BCUT2D eigenvalue weighted by atomic mass is 9.91. The minimum atomic E-state index is -0.353. The third-order valence-electron chi connectivity index (χ3n) is 7.46. The number of hydrogen-bond donors (Lipinski definition) is 1. The summed E-state index contributed by atoms with van der Waals surface area (Å²) in [6.07, 6.45) is 9.28. The molecular weight excluding hydrogens is 448 g/mol. The number of carbonyl (C=O) groups excluding carboxylic acids is 1. The summed E-state index contributed by atoms with van der Waals surface area (Å²) < 4.78 is 6.51. The highest BCUT2D eigenvalue weighted by molar-refractivity contribution is 7.18. The Bertz CT molecular complexity index is 964. The molecule has 4 rings (SSSR count). The van der Waals surface area contributed by atoms with Crippen LogP contribution in [0.3, 0.4) is 0 Å². The number of likely N-dealkylation sites (N-methyl/N-ethyl adjacent to an activating group) is 1. The van der Waals surface area contributed by atoms with Gasteiger partial charge in [-0.2, -0.15) is 0 Å². The normalized spacial score (nSPS) is 22.9. The van der Waals surface area contributed by atoms with Crippen molar-refractivity contribution in [2.45, 2.75) is 96.3 Å². The molecule has 1 saturated heterocycles. The number of aryl methyl sites for hydroxylation is 1. The first-order valence-corrected chi connectivity index (χ1v) is 13.8. The van der Waals surface area contributed by atoms with Crippen LogP contribution < -0.4 is 4.74 Å². The minimum Gasteiger partial charge on any atom is -0.474 e. The van der Waals surface area contributed by atoms with Crippen LogP contribution in [0.15, 0.2) is 6.33 Å². The van der Waals surface area contributed by atoms with Crippen LogP contribution in [0.2, 0.25) is 0 Å². The van der Waals surface area contributed by atoms with E-state index in [1.54, 1.807) is 17.7 Å². The first kappa shape index (κ1) is 25.3. The van der Waals surface area contributed by atoms with Crippen molar-refractivity contribution in [2.75, 3.05) is 26.7 Å². The highest BCUT2D eigenvalue weighted by atomic mass is 32.1. The smallest absolute Gasteiger partial charge is 0.236 e. The van der Waals surface area contributed by atoms with E-state index in [0.29, 0.717) is 24.9 Å². The number of thiophene rings is 1. The maximum atomic E-state index is 12.5. The summed E-state index contributed by atoms with van der Waals surface area (Å²) in [5, 5.41) is 11.0. The summed E-state index contributed by atoms with van der Waals surface area (Å²) in [6.45, 7) is 8.54. The Hall–Kier alpha value is -1.77. The van der Waals surface area contributed by atoms with Gasteiger partial charge in [0.25, 0.3) is 0 Å². The third-order valence-corrected chi connectivity index (χ3v) is 8.72. The van der Waals surface area contributed by atoms with Crippen LogP contribution in [0.5, 0.6) is 5.88 Å². The molecule has 0 unspecified atom stereocenters. The van der Waals surface area contributed by atoms with Gasteiger partial charge in [-0.15, -0.1) is 11.3 Å². The van der Waals surface area contributed by atoms with Gasteiger partial charge in [-0.25, -0.2) is 9.97 Å². The Morgan fingerprint density at radius 3 is 2.59 bits per heavy atom. The fourth-order valence-corrected chi connectivity index (χ4v) is 6.84. The summed E-state index contributed by atoms with van der Waals surface area (Å²) in [6, 6.07) is 0.422. The van der Waals surface area contributed by atoms with E-state index >= 15 is 0 Å². The van der Waals surface area contributed by atoms with Gasteiger partial charge in [0, 0.05) is 24.0 Å². The summed E-state index contributed by atoms with van der Waals surface area (Å²) in [5.74, 6) is 1.17. The third kappa shape index (κ3) is 5.71. The highest BCUT2D eigenvalue weighted by Crippen LogP contribution is 2.41. The van der Waals surface area contributed by atoms with E-state index in [0.717, 1.165) is 68.3 Å². The van der Waals surface area contributed by atoms with E-state index in [4.69, 9.17) is 4.74 Å². The summed E-state index contributed by atoms with van der Waals surface area (Å²) >= 11 is 1.72. The fraction of sp³-hybridized carbons (Fsp3) is 0.731. The minimum absolute atomic E-state index is 0.127. The number of carbonyl (C=O) groups is 1. The van der Waals surface area contributed by atoms with Gasteiger partial charge in [-0.05, 0) is 76.8 Å². The Morgan fingerprint density at radius 1 is 1.24 bits per heavy atom. The highest BCUT2D eigenvalue weighted by Gasteiger charge is 2.29. The standard InChI is InChI=1S/C26H40N4O3S/c1-5-21-23(17(2)14-18(3)31)24-25(27-16-28-26(24)34-21)33-20-10-8-19(9-11-20)29(4)15-22(32)30-12-6-7-13-30/h16-20,31H,5-15H2,1-4H3/t17-,18+,19?,20?/m1/s1. The van der Waals surface area contributed by atoms with Gasteiger partial charge in [0.05, 0.1) is 18.0 Å². The molecule has 2 aromatic rings. The number of ether oxygens (including phenoxy) is 1. The molecule has 7 nitrogen and oxygen atoms in total. The number of fused-ring (bicyclic) bond motifs is 1. The maximum absolute atomic E-state index is 12.5. The molecular formula is C26H40N4O3S. The van der Waals surface area contributed by atoms with E-state index in [2.05, 4.69) is 35.8 Å². The van der Waals surface area contributed by atoms with Crippen LogP contribution >= 0.6 is 11.3 Å². The zero-order valence-electron chi connectivity index (χ0n) is 21.1. The molecule has 2 atom stereocenters. The summed E-state index contributed by atoms with van der Waals surface area (Å²) in [7, 11) is 2.08. The van der Waals surface area contributed by atoms with E-state index in [-0.39, 0.29) is 24.0 Å². The lowest BCUT2D eigenvalue weighted by Gasteiger charge is -2.35. The second-order valence-corrected chi connectivity index (χ2v) is 11.3. The van der Waals surface area contributed by atoms with Crippen LogP contribution in [-0.2, 0) is 11.2 Å². The van der Waals surface area contributed by atoms with E-state index < -0.39 is 0 Å². The van der Waals surface area contributed by atoms with Crippen LogP contribution in [0.1, 0.15) is 82.1 Å². The topological polar surface area (TPSA) is 78.8 Å². The van der Waals surface area contributed by atoms with Crippen molar-refractivity contribution in [3.8, 4) is 5.88 Å². The SMILES string of the molecule is CCc1sc2ncnc(OC3CCC(N(C)CC(=O)N4CCCC4)CC3)c2c1[C@H](C)C[C@H](C)O. The number of amides is 1. The molecule has 2 fully saturated rings. The molecule has 0 radical (unpaired) electrons. The molecule has 3 heterocycles. The number of aromatic nitrogens is 2. The first-order chi connectivity index (χ1) is 16.4. The maximum Gasteiger partial charge on any atom is 0.236 e. The average Bonchev–Trinajstić information content (AvgIpc) is 3.47. The molecule has 2 aromatic heterocycles. The average molecular weight is 489 g/mol. The second kappa shape index (κ2) is 11.3. The van der Waals surface area contributed by atoms with Crippen molar-refractivity contribution in [2.24, 2.45) is 0 Å².